The summed E-state index contributed by atoms with van der Waals surface area (Å²) in [6.07, 6.45) is 8.17. The quantitative estimate of drug-likeness (QED) is 0.163. The summed E-state index contributed by atoms with van der Waals surface area (Å²) in [4.78, 5) is 23.6. The molecule has 0 bridgehead atoms. The number of carbonyl (C=O) groups excluding carboxylic acids is 1. The molecule has 0 radical (unpaired) electrons. The molecule has 1 fully saturated rings. The lowest BCUT2D eigenvalue weighted by Crippen LogP contribution is -2.36. The highest BCUT2D eigenvalue weighted by Gasteiger charge is 2.11. The Morgan fingerprint density at radius 1 is 1.20 bits per heavy atom. The fourth-order valence-corrected chi connectivity index (χ4v) is 4.23. The van der Waals surface area contributed by atoms with E-state index in [2.05, 4.69) is 43.5 Å². The molecule has 1 saturated heterocycles. The Kier molecular flexibility index (Phi) is 10.3. The minimum absolute atomic E-state index is 0.233. The number of methoxy groups -OCH3 is 1. The van der Waals surface area contributed by atoms with Gasteiger partial charge < -0.3 is 25.4 Å². The predicted molar refractivity (Wildman–Crippen MR) is 160 cm³/mol. The fourth-order valence-electron chi connectivity index (χ4n) is 4.09. The first-order chi connectivity index (χ1) is 19.4. The van der Waals surface area contributed by atoms with Crippen molar-refractivity contribution < 1.29 is 14.3 Å². The van der Waals surface area contributed by atoms with Crippen LogP contribution in [0.25, 0.3) is 10.8 Å². The molecule has 1 aromatic heterocycles. The first kappa shape index (κ1) is 28.8. The minimum atomic E-state index is -0.233. The minimum Gasteiger partial charge on any atom is -0.495 e. The summed E-state index contributed by atoms with van der Waals surface area (Å²) < 4.78 is 10.8. The normalized spacial score (nSPS) is 15.0. The van der Waals surface area contributed by atoms with Gasteiger partial charge in [0.2, 0.25) is 11.9 Å². The molecule has 2 heterocycles. The number of allylic oxidation sites excluding steroid dienone is 3. The summed E-state index contributed by atoms with van der Waals surface area (Å²) in [6.45, 7) is 9.45. The number of hydrogen-bond donors (Lipinski definition) is 3. The van der Waals surface area contributed by atoms with Crippen LogP contribution in [-0.4, -0.2) is 60.7 Å². The van der Waals surface area contributed by atoms with Crippen molar-refractivity contribution in [1.82, 2.24) is 20.2 Å². The number of hydrogen-bond acceptors (Lipinski definition) is 8. The van der Waals surface area contributed by atoms with Crippen LogP contribution in [0.15, 0.2) is 96.7 Å². The van der Waals surface area contributed by atoms with Crippen molar-refractivity contribution >= 4 is 45.7 Å². The number of morpholine rings is 1. The van der Waals surface area contributed by atoms with Gasteiger partial charge in [0, 0.05) is 37.1 Å². The van der Waals surface area contributed by atoms with E-state index in [9.17, 15) is 4.79 Å². The molecular formula is C30H33ClN6O3. The van der Waals surface area contributed by atoms with Crippen LogP contribution in [-0.2, 0) is 14.3 Å². The maximum atomic E-state index is 12.5. The van der Waals surface area contributed by atoms with Gasteiger partial charge in [0.1, 0.15) is 10.8 Å². The number of amides is 1. The van der Waals surface area contributed by atoms with Crippen molar-refractivity contribution in [2.24, 2.45) is 0 Å². The van der Waals surface area contributed by atoms with Gasteiger partial charge in [0.05, 0.1) is 32.2 Å². The Morgan fingerprint density at radius 3 is 2.73 bits per heavy atom. The summed E-state index contributed by atoms with van der Waals surface area (Å²) in [5.74, 6) is 0.924. The Hall–Kier alpha value is -4.18. The van der Waals surface area contributed by atoms with Crippen LogP contribution in [0.3, 0.4) is 0 Å². The summed E-state index contributed by atoms with van der Waals surface area (Å²) in [7, 11) is 1.53. The molecule has 1 amide bonds. The van der Waals surface area contributed by atoms with Crippen LogP contribution in [0, 0.1) is 0 Å². The Balaban J connectivity index is 1.46. The maximum Gasteiger partial charge on any atom is 0.247 e. The van der Waals surface area contributed by atoms with E-state index >= 15 is 0 Å². The predicted octanol–water partition coefficient (Wildman–Crippen LogP) is 5.39. The van der Waals surface area contributed by atoms with Crippen molar-refractivity contribution in [1.29, 1.82) is 0 Å². The molecule has 40 heavy (non-hydrogen) atoms. The monoisotopic (exact) mass is 560 g/mol. The van der Waals surface area contributed by atoms with Gasteiger partial charge in [0.15, 0.2) is 5.82 Å². The molecule has 0 spiro atoms. The molecule has 4 rings (SSSR count). The number of benzene rings is 2. The van der Waals surface area contributed by atoms with Crippen molar-refractivity contribution in [3.63, 3.8) is 0 Å². The molecular weight excluding hydrogens is 528 g/mol. The van der Waals surface area contributed by atoms with Gasteiger partial charge in [-0.05, 0) is 42.0 Å². The zero-order valence-corrected chi connectivity index (χ0v) is 23.4. The number of aromatic nitrogens is 2. The first-order valence-corrected chi connectivity index (χ1v) is 13.2. The van der Waals surface area contributed by atoms with Crippen LogP contribution in [0.2, 0.25) is 5.02 Å². The van der Waals surface area contributed by atoms with E-state index in [1.165, 1.54) is 19.4 Å². The van der Waals surface area contributed by atoms with Crippen LogP contribution >= 0.6 is 11.6 Å². The molecule has 3 aromatic rings. The van der Waals surface area contributed by atoms with Crippen LogP contribution in [0.4, 0.5) is 17.5 Å². The summed E-state index contributed by atoms with van der Waals surface area (Å²) in [5.41, 5.74) is 1.93. The van der Waals surface area contributed by atoms with E-state index < -0.39 is 0 Å². The van der Waals surface area contributed by atoms with Crippen LogP contribution in [0.5, 0.6) is 0 Å². The van der Waals surface area contributed by atoms with Crippen molar-refractivity contribution in [3.05, 3.63) is 102 Å². The lowest BCUT2D eigenvalue weighted by atomic mass is 10.1. The van der Waals surface area contributed by atoms with Gasteiger partial charge in [0.25, 0.3) is 0 Å². The molecule has 9 nitrogen and oxygen atoms in total. The second-order valence-electron chi connectivity index (χ2n) is 9.02. The highest BCUT2D eigenvalue weighted by Crippen LogP contribution is 2.27. The summed E-state index contributed by atoms with van der Waals surface area (Å²) >= 11 is 6.41. The standard InChI is InChI=1S/C30H33ClN6O3/c1-4-27(39-3)26(18-21(2)33-28(38)10-7-13-37-14-16-40-17-15-37)35-30-32-20-25(31)29(36-30)34-24-12-11-22-8-5-6-9-23(22)19-24/h4-12,18-20H,1,13-17H2,2-3H3,(H,33,38)(H2,32,34,35,36)/b10-7+,21-18+,27-26-. The number of fused-ring (bicyclic) bond motifs is 1. The summed E-state index contributed by atoms with van der Waals surface area (Å²) in [6, 6.07) is 14.1. The summed E-state index contributed by atoms with van der Waals surface area (Å²) in [5, 5.41) is 11.9. The number of nitrogens with zero attached hydrogens (tertiary/aromatic N) is 3. The number of anilines is 3. The number of rotatable bonds is 11. The number of halogens is 1. The van der Waals surface area contributed by atoms with Gasteiger partial charge >= 0.3 is 0 Å². The highest BCUT2D eigenvalue weighted by molar-refractivity contribution is 6.32. The van der Waals surface area contributed by atoms with Crippen LogP contribution < -0.4 is 16.0 Å². The highest BCUT2D eigenvalue weighted by atomic mass is 35.5. The molecule has 1 aliphatic rings. The van der Waals surface area contributed by atoms with E-state index in [1.807, 2.05) is 42.5 Å². The van der Waals surface area contributed by atoms with E-state index in [0.29, 0.717) is 47.8 Å². The number of nitrogens with one attached hydrogen (secondary N) is 3. The Labute approximate surface area is 239 Å². The first-order valence-electron chi connectivity index (χ1n) is 12.9. The third-order valence-corrected chi connectivity index (χ3v) is 6.37. The maximum absolute atomic E-state index is 12.5. The molecule has 0 unspecified atom stereocenters. The van der Waals surface area contributed by atoms with Gasteiger partial charge in [-0.1, -0.05) is 54.6 Å². The van der Waals surface area contributed by atoms with Crippen molar-refractivity contribution in [2.75, 3.05) is 50.6 Å². The third-order valence-electron chi connectivity index (χ3n) is 6.09. The Morgan fingerprint density at radius 2 is 1.98 bits per heavy atom. The zero-order valence-electron chi connectivity index (χ0n) is 22.6. The fraction of sp³-hybridized carbons (Fsp3) is 0.233. The van der Waals surface area contributed by atoms with E-state index in [4.69, 9.17) is 21.1 Å². The van der Waals surface area contributed by atoms with Gasteiger partial charge in [-0.3, -0.25) is 9.69 Å². The largest absolute Gasteiger partial charge is 0.495 e. The molecule has 0 atom stereocenters. The van der Waals surface area contributed by atoms with Gasteiger partial charge in [-0.25, -0.2) is 4.98 Å². The van der Waals surface area contributed by atoms with Gasteiger partial charge in [-0.2, -0.15) is 4.98 Å². The van der Waals surface area contributed by atoms with Crippen LogP contribution in [0.1, 0.15) is 6.92 Å². The molecule has 2 aromatic carbocycles. The molecule has 0 saturated carbocycles. The van der Waals surface area contributed by atoms with E-state index in [0.717, 1.165) is 29.5 Å². The zero-order chi connectivity index (χ0) is 28.3. The molecule has 0 aliphatic carbocycles. The van der Waals surface area contributed by atoms with Crippen molar-refractivity contribution in [3.8, 4) is 0 Å². The number of carbonyl (C=O) groups is 1. The second-order valence-corrected chi connectivity index (χ2v) is 9.43. The SMILES string of the molecule is C=C/C(OC)=C(\C=C(/C)NC(=O)/C=C/CN1CCOCC1)Nc1ncc(Cl)c(Nc2ccc3ccccc3c2)n1. The van der Waals surface area contributed by atoms with Gasteiger partial charge in [-0.15, -0.1) is 0 Å². The Bertz CT molecular complexity index is 1450. The lowest BCUT2D eigenvalue weighted by molar-refractivity contribution is -0.115. The average molecular weight is 561 g/mol. The molecule has 1 aliphatic heterocycles. The van der Waals surface area contributed by atoms with Crippen molar-refractivity contribution in [2.45, 2.75) is 6.92 Å². The molecule has 208 valence electrons. The molecule has 3 N–H and O–H groups in total. The molecule has 10 heteroatoms. The third kappa shape index (κ3) is 8.16. The van der Waals surface area contributed by atoms with E-state index in [-0.39, 0.29) is 11.9 Å². The second kappa shape index (κ2) is 14.3. The number of ether oxygens (including phenoxy) is 2. The average Bonchev–Trinajstić information content (AvgIpc) is 2.96. The lowest BCUT2D eigenvalue weighted by Gasteiger charge is -2.25. The smallest absolute Gasteiger partial charge is 0.247 e. The topological polar surface area (TPSA) is 101 Å². The van der Waals surface area contributed by atoms with E-state index in [1.54, 1.807) is 19.1 Å².